The molecule has 306 valence electrons. The van der Waals surface area contributed by atoms with Crippen molar-refractivity contribution < 1.29 is 57.9 Å². The number of unbranched alkanes of at least 4 members (excludes halogenated alkanes) is 8. The zero-order chi connectivity index (χ0) is 41.3. The second-order valence-corrected chi connectivity index (χ2v) is 14.3. The fraction of sp³-hybridized carbons (Fsp3) is 0.619. The molecule has 0 fully saturated rings. The van der Waals surface area contributed by atoms with E-state index in [0.717, 1.165) is 52.1 Å². The summed E-state index contributed by atoms with van der Waals surface area (Å²) in [6, 6.07) is 5.07. The van der Waals surface area contributed by atoms with Gasteiger partial charge in [-0.05, 0) is 71.1 Å². The van der Waals surface area contributed by atoms with Crippen LogP contribution < -0.4 is 15.2 Å². The number of carboxylic acid groups (broad SMARTS) is 1. The Balaban J connectivity index is 3.25. The van der Waals surface area contributed by atoms with E-state index < -0.39 is 66.0 Å². The highest BCUT2D eigenvalue weighted by atomic mass is 16.6. The Kier molecular flexibility index (Phi) is 23.0. The van der Waals surface area contributed by atoms with E-state index in [2.05, 4.69) is 28.8 Å². The first-order chi connectivity index (χ1) is 26.1. The van der Waals surface area contributed by atoms with E-state index in [1.54, 1.807) is 37.3 Å². The summed E-state index contributed by atoms with van der Waals surface area (Å²) in [6.07, 6.45) is 11.3. The van der Waals surface area contributed by atoms with Gasteiger partial charge in [0.25, 0.3) is 0 Å². The van der Waals surface area contributed by atoms with Gasteiger partial charge in [0.1, 0.15) is 29.8 Å². The van der Waals surface area contributed by atoms with Gasteiger partial charge in [-0.25, -0.2) is 14.4 Å². The first-order valence-corrected chi connectivity index (χ1v) is 19.0. The van der Waals surface area contributed by atoms with Crippen LogP contribution in [0, 0.1) is 17.8 Å². The number of hydrogen-bond donors (Lipinski definition) is 2. The van der Waals surface area contributed by atoms with Crippen LogP contribution >= 0.6 is 0 Å². The number of ketones is 1. The van der Waals surface area contributed by atoms with Crippen LogP contribution in [0.3, 0.4) is 0 Å². The molecule has 2 N–H and O–H groups in total. The van der Waals surface area contributed by atoms with Crippen molar-refractivity contribution in [2.75, 3.05) is 20.3 Å². The molecule has 0 unspecified atom stereocenters. The number of amides is 1. The molecule has 0 aliphatic rings. The van der Waals surface area contributed by atoms with Crippen LogP contribution in [0.4, 0.5) is 0 Å². The highest BCUT2D eigenvalue weighted by molar-refractivity contribution is 5.95. The van der Waals surface area contributed by atoms with Gasteiger partial charge in [-0.15, -0.1) is 5.92 Å². The summed E-state index contributed by atoms with van der Waals surface area (Å²) in [4.78, 5) is 76.5. The number of aliphatic hydroxyl groups is 1. The first-order valence-electron chi connectivity index (χ1n) is 19.0. The molecule has 0 aliphatic carbocycles. The molecule has 13 heteroatoms. The van der Waals surface area contributed by atoms with Gasteiger partial charge in [0.15, 0.2) is 12.2 Å². The highest BCUT2D eigenvalue weighted by Gasteiger charge is 2.49. The predicted molar refractivity (Wildman–Crippen MR) is 203 cm³/mol. The minimum absolute atomic E-state index is 0.163. The van der Waals surface area contributed by atoms with Crippen LogP contribution in [-0.2, 0) is 49.4 Å². The van der Waals surface area contributed by atoms with E-state index in [1.807, 2.05) is 0 Å². The monoisotopic (exact) mass is 770 g/mol. The number of nitrogens with one attached hydrogen (secondary N) is 1. The first kappa shape index (κ1) is 48.3. The summed E-state index contributed by atoms with van der Waals surface area (Å²) < 4.78 is 20.5. The lowest BCUT2D eigenvalue weighted by atomic mass is 9.82. The SMILES string of the molecule is CC#CCOc1ccc(C[C@H](NC(=O)[C@@H](/C=C/CCCCCCC(=O)CCCCCCC)[C@@](O)(CC(=O)[O-])C(=O)OC(C)(C)C)C(=O)OCC(=O)OC)cc1. The van der Waals surface area contributed by atoms with Crippen LogP contribution in [0.15, 0.2) is 36.4 Å². The quantitative estimate of drug-likeness (QED) is 0.0419. The summed E-state index contributed by atoms with van der Waals surface area (Å²) in [5.74, 6) is -1.78. The molecule has 1 aromatic rings. The van der Waals surface area contributed by atoms with E-state index in [0.29, 0.717) is 37.0 Å². The van der Waals surface area contributed by atoms with Gasteiger partial charge in [0.05, 0.1) is 13.0 Å². The standard InChI is InChI=1S/C42H61NO12/c1-7-9-11-14-17-20-32(44)21-18-15-12-13-16-19-22-34(42(51,29-36(45)46)40(50)55-41(3,4)5)38(48)43-35(39(49)54-30-37(47)52-6)28-31-23-25-33(26-24-31)53-27-10-8-2/h19,22-26,34-35,51H,7,9,11-18,20-21,27-30H2,1-6H3,(H,43,48)(H,45,46)/p-1/b22-19+/t34-,35+,42+/m1/s1. The number of esters is 3. The van der Waals surface area contributed by atoms with E-state index in [1.165, 1.54) is 33.3 Å². The summed E-state index contributed by atoms with van der Waals surface area (Å²) in [6.45, 7) is 7.77. The average molecular weight is 771 g/mol. The van der Waals surface area contributed by atoms with E-state index in [9.17, 15) is 39.0 Å². The number of benzene rings is 1. The maximum Gasteiger partial charge on any atom is 0.344 e. The van der Waals surface area contributed by atoms with Gasteiger partial charge in [0.2, 0.25) is 5.91 Å². The van der Waals surface area contributed by atoms with Crippen LogP contribution in [0.25, 0.3) is 0 Å². The van der Waals surface area contributed by atoms with Gasteiger partial charge < -0.3 is 39.3 Å². The van der Waals surface area contributed by atoms with Gasteiger partial charge in [-0.1, -0.05) is 75.7 Å². The van der Waals surface area contributed by atoms with Crippen LogP contribution in [0.2, 0.25) is 0 Å². The fourth-order valence-corrected chi connectivity index (χ4v) is 5.47. The number of hydrogen-bond acceptors (Lipinski definition) is 12. The summed E-state index contributed by atoms with van der Waals surface area (Å²) in [7, 11) is 1.11. The molecule has 0 radical (unpaired) electrons. The number of allylic oxidation sites excluding steroid dienone is 1. The van der Waals surface area contributed by atoms with Crippen molar-refractivity contribution in [3.05, 3.63) is 42.0 Å². The second-order valence-electron chi connectivity index (χ2n) is 14.3. The number of carbonyl (C=O) groups is 6. The van der Waals surface area contributed by atoms with Crippen molar-refractivity contribution >= 4 is 35.6 Å². The molecule has 0 spiro atoms. The Morgan fingerprint density at radius 3 is 2.11 bits per heavy atom. The summed E-state index contributed by atoms with van der Waals surface area (Å²) in [5, 5.41) is 26.1. The zero-order valence-corrected chi connectivity index (χ0v) is 33.4. The number of methoxy groups -OCH3 is 1. The third-order valence-electron chi connectivity index (χ3n) is 8.44. The Labute approximate surface area is 325 Å². The molecule has 1 amide bonds. The highest BCUT2D eigenvalue weighted by Crippen LogP contribution is 2.29. The predicted octanol–water partition coefficient (Wildman–Crippen LogP) is 4.49. The molecular weight excluding hydrogens is 710 g/mol. The van der Waals surface area contributed by atoms with Crippen molar-refractivity contribution in [3.8, 4) is 17.6 Å². The Morgan fingerprint density at radius 2 is 1.55 bits per heavy atom. The lowest BCUT2D eigenvalue weighted by molar-refractivity contribution is -0.310. The van der Waals surface area contributed by atoms with E-state index in [4.69, 9.17) is 14.2 Å². The van der Waals surface area contributed by atoms with Gasteiger partial charge >= 0.3 is 17.9 Å². The number of carboxylic acids is 1. The Hall–Kier alpha value is -4.70. The van der Waals surface area contributed by atoms with Crippen molar-refractivity contribution in [2.24, 2.45) is 5.92 Å². The lowest BCUT2D eigenvalue weighted by Crippen LogP contribution is -2.58. The van der Waals surface area contributed by atoms with Crippen LogP contribution in [-0.4, -0.2) is 78.2 Å². The second kappa shape index (κ2) is 26.2. The maximum atomic E-state index is 14.0. The molecule has 1 aromatic carbocycles. The number of ether oxygens (including phenoxy) is 4. The molecule has 0 bridgehead atoms. The number of carbonyl (C=O) groups excluding carboxylic acids is 6. The molecule has 0 saturated carbocycles. The van der Waals surface area contributed by atoms with Gasteiger partial charge in [0, 0.05) is 31.7 Å². The van der Waals surface area contributed by atoms with Crippen molar-refractivity contribution in [1.82, 2.24) is 5.32 Å². The molecule has 13 nitrogen and oxygen atoms in total. The van der Waals surface area contributed by atoms with E-state index in [-0.39, 0.29) is 18.8 Å². The Morgan fingerprint density at radius 1 is 0.927 bits per heavy atom. The smallest absolute Gasteiger partial charge is 0.344 e. The number of rotatable bonds is 27. The largest absolute Gasteiger partial charge is 0.550 e. The molecular formula is C42H60NO12-. The van der Waals surface area contributed by atoms with Crippen LogP contribution in [0.1, 0.15) is 124 Å². The topological polar surface area (TPSA) is 195 Å². The molecule has 0 aliphatic heterocycles. The molecule has 0 saturated heterocycles. The fourth-order valence-electron chi connectivity index (χ4n) is 5.47. The maximum absolute atomic E-state index is 14.0. The lowest BCUT2D eigenvalue weighted by Gasteiger charge is -2.35. The molecule has 55 heavy (non-hydrogen) atoms. The number of aliphatic carboxylic acids is 1. The van der Waals surface area contributed by atoms with Gasteiger partial charge in [-0.2, -0.15) is 0 Å². The summed E-state index contributed by atoms with van der Waals surface area (Å²) >= 11 is 0. The zero-order valence-electron chi connectivity index (χ0n) is 33.4. The molecule has 0 aromatic heterocycles. The summed E-state index contributed by atoms with van der Waals surface area (Å²) in [5.41, 5.74) is -3.57. The average Bonchev–Trinajstić information content (AvgIpc) is 3.12. The number of Topliss-reactive ketones (excluding diaryl/α,β-unsaturated/α-hetero) is 1. The van der Waals surface area contributed by atoms with Crippen molar-refractivity contribution in [1.29, 1.82) is 0 Å². The third-order valence-corrected chi connectivity index (χ3v) is 8.44. The van der Waals surface area contributed by atoms with Crippen LogP contribution in [0.5, 0.6) is 5.75 Å². The van der Waals surface area contributed by atoms with Crippen molar-refractivity contribution in [3.63, 3.8) is 0 Å². The van der Waals surface area contributed by atoms with E-state index >= 15 is 0 Å². The molecule has 1 rings (SSSR count). The minimum Gasteiger partial charge on any atom is -0.550 e. The molecule has 0 heterocycles. The van der Waals surface area contributed by atoms with Crippen molar-refractivity contribution in [2.45, 2.75) is 142 Å². The third kappa shape index (κ3) is 20.5. The Bertz CT molecular complexity index is 1470. The molecule has 3 atom stereocenters. The normalized spacial score (nSPS) is 13.4. The minimum atomic E-state index is -2.94. The van der Waals surface area contributed by atoms with Gasteiger partial charge in [-0.3, -0.25) is 9.59 Å².